The van der Waals surface area contributed by atoms with Gasteiger partial charge in [0.05, 0.1) is 5.69 Å². The SMILES string of the molecule is CCC(=O)N(C)c1ccc(NC(=O)Nc2cc(C)n(-c3ccccc3)n2)cc1. The number of benzene rings is 2. The zero-order chi connectivity index (χ0) is 20.1. The fourth-order valence-corrected chi connectivity index (χ4v) is 2.79. The highest BCUT2D eigenvalue weighted by molar-refractivity contribution is 5.99. The number of anilines is 3. The van der Waals surface area contributed by atoms with Crippen molar-refractivity contribution >= 4 is 29.1 Å². The van der Waals surface area contributed by atoms with Crippen molar-refractivity contribution in [3.05, 3.63) is 66.4 Å². The predicted molar refractivity (Wildman–Crippen MR) is 111 cm³/mol. The smallest absolute Gasteiger partial charge is 0.316 e. The Kier molecular flexibility index (Phi) is 5.74. The van der Waals surface area contributed by atoms with Gasteiger partial charge in [-0.15, -0.1) is 5.10 Å². The molecule has 144 valence electrons. The Labute approximate surface area is 164 Å². The van der Waals surface area contributed by atoms with Crippen LogP contribution in [-0.2, 0) is 4.79 Å². The molecule has 0 aliphatic heterocycles. The Morgan fingerprint density at radius 1 is 1.04 bits per heavy atom. The van der Waals surface area contributed by atoms with E-state index >= 15 is 0 Å². The van der Waals surface area contributed by atoms with E-state index in [1.165, 1.54) is 0 Å². The van der Waals surface area contributed by atoms with Gasteiger partial charge in [-0.1, -0.05) is 25.1 Å². The van der Waals surface area contributed by atoms with Crippen LogP contribution in [-0.4, -0.2) is 28.8 Å². The van der Waals surface area contributed by atoms with E-state index in [9.17, 15) is 9.59 Å². The van der Waals surface area contributed by atoms with Crippen molar-refractivity contribution in [2.24, 2.45) is 0 Å². The molecule has 0 atom stereocenters. The lowest BCUT2D eigenvalue weighted by atomic mass is 10.2. The third kappa shape index (κ3) is 4.37. The molecular weight excluding hydrogens is 354 g/mol. The van der Waals surface area contributed by atoms with Gasteiger partial charge in [-0.3, -0.25) is 10.1 Å². The minimum Gasteiger partial charge on any atom is -0.316 e. The van der Waals surface area contributed by atoms with E-state index in [4.69, 9.17) is 0 Å². The Bertz CT molecular complexity index is 964. The number of hydrogen-bond acceptors (Lipinski definition) is 3. The molecule has 28 heavy (non-hydrogen) atoms. The fraction of sp³-hybridized carbons (Fsp3) is 0.190. The van der Waals surface area contributed by atoms with E-state index in [0.717, 1.165) is 17.1 Å². The second kappa shape index (κ2) is 8.39. The molecule has 0 saturated carbocycles. The summed E-state index contributed by atoms with van der Waals surface area (Å²) in [6.07, 6.45) is 0.438. The average molecular weight is 377 g/mol. The molecule has 3 amide bonds. The predicted octanol–water partition coefficient (Wildman–Crippen LogP) is 4.20. The topological polar surface area (TPSA) is 79.3 Å². The molecule has 1 aromatic heterocycles. The van der Waals surface area contributed by atoms with Crippen molar-refractivity contribution in [2.75, 3.05) is 22.6 Å². The first-order valence-corrected chi connectivity index (χ1v) is 9.04. The molecule has 0 aliphatic rings. The fourth-order valence-electron chi connectivity index (χ4n) is 2.79. The highest BCUT2D eigenvalue weighted by Gasteiger charge is 2.11. The van der Waals surface area contributed by atoms with Gasteiger partial charge in [0.15, 0.2) is 5.82 Å². The molecular formula is C21H23N5O2. The lowest BCUT2D eigenvalue weighted by Crippen LogP contribution is -2.25. The molecule has 0 bridgehead atoms. The summed E-state index contributed by atoms with van der Waals surface area (Å²) in [5.41, 5.74) is 3.23. The van der Waals surface area contributed by atoms with Crippen LogP contribution in [0.2, 0.25) is 0 Å². The van der Waals surface area contributed by atoms with Crippen LogP contribution in [0.5, 0.6) is 0 Å². The van der Waals surface area contributed by atoms with E-state index in [0.29, 0.717) is 17.9 Å². The number of hydrogen-bond donors (Lipinski definition) is 2. The largest absolute Gasteiger partial charge is 0.324 e. The van der Waals surface area contributed by atoms with Crippen molar-refractivity contribution in [1.82, 2.24) is 9.78 Å². The van der Waals surface area contributed by atoms with Crippen LogP contribution in [0.4, 0.5) is 22.0 Å². The number of amides is 3. The standard InChI is InChI=1S/C21H23N5O2/c1-4-20(27)25(3)17-12-10-16(11-13-17)22-21(28)23-19-14-15(2)26(24-19)18-8-6-5-7-9-18/h5-14H,4H2,1-3H3,(H2,22,23,24,28). The van der Waals surface area contributed by atoms with Crippen molar-refractivity contribution in [2.45, 2.75) is 20.3 Å². The number of carbonyl (C=O) groups is 2. The van der Waals surface area contributed by atoms with Gasteiger partial charge >= 0.3 is 6.03 Å². The molecule has 1 heterocycles. The quantitative estimate of drug-likeness (QED) is 0.699. The van der Waals surface area contributed by atoms with Crippen molar-refractivity contribution in [3.8, 4) is 5.69 Å². The van der Waals surface area contributed by atoms with Gasteiger partial charge in [-0.2, -0.15) is 0 Å². The van der Waals surface area contributed by atoms with E-state index in [-0.39, 0.29) is 11.9 Å². The first kappa shape index (κ1) is 19.2. The summed E-state index contributed by atoms with van der Waals surface area (Å²) >= 11 is 0. The maximum atomic E-state index is 12.3. The van der Waals surface area contributed by atoms with E-state index in [1.54, 1.807) is 47.0 Å². The average Bonchev–Trinajstić information content (AvgIpc) is 3.07. The molecule has 3 rings (SSSR count). The number of rotatable bonds is 5. The molecule has 0 saturated heterocycles. The third-order valence-corrected chi connectivity index (χ3v) is 4.32. The Hall–Kier alpha value is -3.61. The van der Waals surface area contributed by atoms with Gasteiger partial charge < -0.3 is 10.2 Å². The molecule has 7 nitrogen and oxygen atoms in total. The van der Waals surface area contributed by atoms with Crippen LogP contribution in [0.15, 0.2) is 60.7 Å². The van der Waals surface area contributed by atoms with Crippen LogP contribution >= 0.6 is 0 Å². The number of carbonyl (C=O) groups excluding carboxylic acids is 2. The molecule has 2 N–H and O–H groups in total. The van der Waals surface area contributed by atoms with Gasteiger partial charge in [-0.25, -0.2) is 9.48 Å². The normalized spacial score (nSPS) is 10.4. The van der Waals surface area contributed by atoms with Crippen molar-refractivity contribution < 1.29 is 9.59 Å². The van der Waals surface area contributed by atoms with Crippen LogP contribution in [0, 0.1) is 6.92 Å². The van der Waals surface area contributed by atoms with Crippen LogP contribution < -0.4 is 15.5 Å². The Morgan fingerprint density at radius 2 is 1.71 bits per heavy atom. The number of para-hydroxylation sites is 1. The van der Waals surface area contributed by atoms with Crippen molar-refractivity contribution in [3.63, 3.8) is 0 Å². The lowest BCUT2D eigenvalue weighted by molar-refractivity contribution is -0.118. The number of aryl methyl sites for hydroxylation is 1. The van der Waals surface area contributed by atoms with Gasteiger partial charge in [0.2, 0.25) is 5.91 Å². The summed E-state index contributed by atoms with van der Waals surface area (Å²) in [7, 11) is 1.73. The highest BCUT2D eigenvalue weighted by atomic mass is 16.2. The lowest BCUT2D eigenvalue weighted by Gasteiger charge is -2.16. The Morgan fingerprint density at radius 3 is 2.36 bits per heavy atom. The van der Waals surface area contributed by atoms with Gasteiger partial charge in [-0.05, 0) is 43.3 Å². The number of nitrogens with one attached hydrogen (secondary N) is 2. The van der Waals surface area contributed by atoms with Crippen LogP contribution in [0.3, 0.4) is 0 Å². The maximum absolute atomic E-state index is 12.3. The second-order valence-corrected chi connectivity index (χ2v) is 6.35. The maximum Gasteiger partial charge on any atom is 0.324 e. The van der Waals surface area contributed by atoms with Gasteiger partial charge in [0, 0.05) is 36.6 Å². The molecule has 0 spiro atoms. The Balaban J connectivity index is 1.64. The van der Waals surface area contributed by atoms with E-state index in [1.807, 2.05) is 44.2 Å². The summed E-state index contributed by atoms with van der Waals surface area (Å²) in [5, 5.41) is 9.93. The van der Waals surface area contributed by atoms with Crippen LogP contribution in [0.1, 0.15) is 19.0 Å². The molecule has 0 fully saturated rings. The first-order valence-electron chi connectivity index (χ1n) is 9.04. The van der Waals surface area contributed by atoms with Gasteiger partial charge in [0.1, 0.15) is 0 Å². The summed E-state index contributed by atoms with van der Waals surface area (Å²) in [5.74, 6) is 0.492. The summed E-state index contributed by atoms with van der Waals surface area (Å²) in [4.78, 5) is 25.6. The summed E-state index contributed by atoms with van der Waals surface area (Å²) < 4.78 is 1.77. The monoisotopic (exact) mass is 377 g/mol. The summed E-state index contributed by atoms with van der Waals surface area (Å²) in [6.45, 7) is 3.75. The molecule has 7 heteroatoms. The van der Waals surface area contributed by atoms with Crippen molar-refractivity contribution in [1.29, 1.82) is 0 Å². The number of aromatic nitrogens is 2. The summed E-state index contributed by atoms with van der Waals surface area (Å²) in [6, 6.07) is 18.2. The zero-order valence-electron chi connectivity index (χ0n) is 16.1. The molecule has 0 aliphatic carbocycles. The third-order valence-electron chi connectivity index (χ3n) is 4.32. The van der Waals surface area contributed by atoms with E-state index < -0.39 is 0 Å². The van der Waals surface area contributed by atoms with E-state index in [2.05, 4.69) is 15.7 Å². The minimum absolute atomic E-state index is 0.0304. The molecule has 0 unspecified atom stereocenters. The second-order valence-electron chi connectivity index (χ2n) is 6.35. The number of nitrogens with zero attached hydrogens (tertiary/aromatic N) is 3. The molecule has 2 aromatic carbocycles. The highest BCUT2D eigenvalue weighted by Crippen LogP contribution is 2.18. The minimum atomic E-state index is -0.386. The first-order chi connectivity index (χ1) is 13.5. The molecule has 3 aromatic rings. The molecule has 0 radical (unpaired) electrons. The zero-order valence-corrected chi connectivity index (χ0v) is 16.1. The van der Waals surface area contributed by atoms with Gasteiger partial charge in [0.25, 0.3) is 0 Å². The van der Waals surface area contributed by atoms with Crippen LogP contribution in [0.25, 0.3) is 5.69 Å². The number of urea groups is 1.